The highest BCUT2D eigenvalue weighted by Gasteiger charge is 2.24. The lowest BCUT2D eigenvalue weighted by atomic mass is 10.2. The van der Waals surface area contributed by atoms with Crippen LogP contribution in [0.1, 0.15) is 13.3 Å². The molecule has 0 bridgehead atoms. The van der Waals surface area contributed by atoms with Gasteiger partial charge in [-0.1, -0.05) is 0 Å². The van der Waals surface area contributed by atoms with Gasteiger partial charge in [-0.3, -0.25) is 9.59 Å². The van der Waals surface area contributed by atoms with Crippen LogP contribution in [0.5, 0.6) is 11.5 Å². The van der Waals surface area contributed by atoms with Crippen LogP contribution in [0.25, 0.3) is 0 Å². The molecule has 1 aliphatic rings. The number of amides is 1. The predicted molar refractivity (Wildman–Crippen MR) is 105 cm³/mol. The zero-order valence-corrected chi connectivity index (χ0v) is 17.5. The van der Waals surface area contributed by atoms with Gasteiger partial charge < -0.3 is 19.5 Å². The van der Waals surface area contributed by atoms with Crippen molar-refractivity contribution in [3.05, 3.63) is 47.8 Å². The van der Waals surface area contributed by atoms with Crippen molar-refractivity contribution in [2.24, 2.45) is 0 Å². The number of benzene rings is 2. The Balaban J connectivity index is 1.56. The van der Waals surface area contributed by atoms with Crippen molar-refractivity contribution in [1.82, 2.24) is 0 Å². The van der Waals surface area contributed by atoms with Crippen molar-refractivity contribution in [1.29, 1.82) is 0 Å². The van der Waals surface area contributed by atoms with Crippen molar-refractivity contribution in [2.75, 3.05) is 24.3 Å². The van der Waals surface area contributed by atoms with E-state index in [2.05, 4.69) is 0 Å². The lowest BCUT2D eigenvalue weighted by Crippen LogP contribution is -2.31. The molecule has 0 saturated heterocycles. The van der Waals surface area contributed by atoms with Crippen LogP contribution in [0.2, 0.25) is 0 Å². The Morgan fingerprint density at radius 1 is 1.06 bits per heavy atom. The second kappa shape index (κ2) is 9.47. The van der Waals surface area contributed by atoms with E-state index in [-0.39, 0.29) is 17.3 Å². The molecule has 12 heteroatoms. The number of ether oxygens (including phenoxy) is 3. The van der Waals surface area contributed by atoms with E-state index < -0.39 is 63.1 Å². The van der Waals surface area contributed by atoms with Crippen LogP contribution in [0.3, 0.4) is 0 Å². The highest BCUT2D eigenvalue weighted by molar-refractivity contribution is 7.91. The largest absolute Gasteiger partial charge is 0.486 e. The zero-order valence-electron chi connectivity index (χ0n) is 16.7. The Kier molecular flexibility index (Phi) is 6.92. The van der Waals surface area contributed by atoms with Crippen LogP contribution in [-0.4, -0.2) is 45.4 Å². The molecule has 0 saturated carbocycles. The molecule has 0 fully saturated rings. The standard InChI is InChI=1S/C20H18F3NO7S/c1-11(20(26)24-14-4-3-13(21)18(22)19(14)23)31-17(25)6-9-32(27,28)12-2-5-15-16(10-12)30-8-7-29-15/h2-5,10-11H,6-9H2,1H3,(H,24,26). The fourth-order valence-corrected chi connectivity index (χ4v) is 3.95. The topological polar surface area (TPSA) is 108 Å². The van der Waals surface area contributed by atoms with Gasteiger partial charge in [0.25, 0.3) is 5.91 Å². The summed E-state index contributed by atoms with van der Waals surface area (Å²) >= 11 is 0. The van der Waals surface area contributed by atoms with Crippen LogP contribution < -0.4 is 14.8 Å². The number of anilines is 1. The minimum atomic E-state index is -3.87. The van der Waals surface area contributed by atoms with E-state index in [1.165, 1.54) is 18.2 Å². The van der Waals surface area contributed by atoms with E-state index >= 15 is 0 Å². The number of nitrogens with one attached hydrogen (secondary N) is 1. The van der Waals surface area contributed by atoms with Gasteiger partial charge >= 0.3 is 5.97 Å². The predicted octanol–water partition coefficient (Wildman–Crippen LogP) is 2.61. The highest BCUT2D eigenvalue weighted by Crippen LogP contribution is 2.32. The van der Waals surface area contributed by atoms with E-state index in [1.54, 1.807) is 0 Å². The molecule has 0 aliphatic carbocycles. The molecule has 172 valence electrons. The highest BCUT2D eigenvalue weighted by atomic mass is 32.2. The number of rotatable bonds is 7. The molecule has 1 aliphatic heterocycles. The molecule has 8 nitrogen and oxygen atoms in total. The normalized spacial score (nSPS) is 13.9. The van der Waals surface area contributed by atoms with Gasteiger partial charge in [0.05, 0.1) is 22.8 Å². The third-order valence-corrected chi connectivity index (χ3v) is 6.13. The third-order valence-electron chi connectivity index (χ3n) is 4.42. The third kappa shape index (κ3) is 5.31. The summed E-state index contributed by atoms with van der Waals surface area (Å²) < 4.78 is 80.3. The van der Waals surface area contributed by atoms with Crippen molar-refractivity contribution >= 4 is 27.4 Å². The molecule has 32 heavy (non-hydrogen) atoms. The summed E-state index contributed by atoms with van der Waals surface area (Å²) in [6, 6.07) is 5.49. The monoisotopic (exact) mass is 473 g/mol. The number of hydrogen-bond donors (Lipinski definition) is 1. The maximum Gasteiger partial charge on any atom is 0.307 e. The van der Waals surface area contributed by atoms with Gasteiger partial charge in [-0.15, -0.1) is 0 Å². The van der Waals surface area contributed by atoms with Crippen molar-refractivity contribution in [3.63, 3.8) is 0 Å². The number of carbonyl (C=O) groups excluding carboxylic acids is 2. The summed E-state index contributed by atoms with van der Waals surface area (Å²) in [6.07, 6.45) is -2.01. The molecule has 1 atom stereocenters. The Hall–Kier alpha value is -3.28. The number of carbonyl (C=O) groups is 2. The summed E-state index contributed by atoms with van der Waals surface area (Å²) in [4.78, 5) is 24.0. The Labute approximate surface area is 181 Å². The first-order chi connectivity index (χ1) is 15.1. The molecule has 1 unspecified atom stereocenters. The first-order valence-electron chi connectivity index (χ1n) is 9.35. The molecule has 0 spiro atoms. The van der Waals surface area contributed by atoms with E-state index in [9.17, 15) is 31.2 Å². The van der Waals surface area contributed by atoms with Crippen molar-refractivity contribution in [3.8, 4) is 11.5 Å². The van der Waals surface area contributed by atoms with Crippen molar-refractivity contribution in [2.45, 2.75) is 24.3 Å². The maximum absolute atomic E-state index is 13.6. The number of hydrogen-bond acceptors (Lipinski definition) is 7. The lowest BCUT2D eigenvalue weighted by molar-refractivity contribution is -0.152. The van der Waals surface area contributed by atoms with E-state index in [4.69, 9.17) is 14.2 Å². The quantitative estimate of drug-likeness (QED) is 0.487. The van der Waals surface area contributed by atoms with E-state index in [0.29, 0.717) is 18.4 Å². The minimum Gasteiger partial charge on any atom is -0.486 e. The molecule has 1 N–H and O–H groups in total. The van der Waals surface area contributed by atoms with Gasteiger partial charge in [-0.2, -0.15) is 0 Å². The van der Waals surface area contributed by atoms with Gasteiger partial charge in [0.15, 0.2) is 44.9 Å². The number of fused-ring (bicyclic) bond motifs is 1. The van der Waals surface area contributed by atoms with Crippen LogP contribution in [-0.2, 0) is 24.2 Å². The van der Waals surface area contributed by atoms with Gasteiger partial charge in [0.1, 0.15) is 13.2 Å². The van der Waals surface area contributed by atoms with E-state index in [1.807, 2.05) is 5.32 Å². The van der Waals surface area contributed by atoms with Crippen molar-refractivity contribution < 1.29 is 45.4 Å². The van der Waals surface area contributed by atoms with Gasteiger partial charge in [-0.25, -0.2) is 21.6 Å². The fraction of sp³-hybridized carbons (Fsp3) is 0.300. The molecule has 1 amide bonds. The molecule has 2 aromatic rings. The number of sulfone groups is 1. The Bertz CT molecular complexity index is 1150. The minimum absolute atomic E-state index is 0.0749. The Morgan fingerprint density at radius 3 is 2.47 bits per heavy atom. The van der Waals surface area contributed by atoms with E-state index in [0.717, 1.165) is 13.0 Å². The molecular weight excluding hydrogens is 455 g/mol. The fourth-order valence-electron chi connectivity index (χ4n) is 2.72. The average Bonchev–Trinajstić information content (AvgIpc) is 2.77. The molecule has 3 rings (SSSR count). The lowest BCUT2D eigenvalue weighted by Gasteiger charge is -2.18. The molecule has 2 aromatic carbocycles. The van der Waals surface area contributed by atoms with Crippen LogP contribution in [0, 0.1) is 17.5 Å². The smallest absolute Gasteiger partial charge is 0.307 e. The summed E-state index contributed by atoms with van der Waals surface area (Å²) in [5.41, 5.74) is -0.641. The molecule has 0 radical (unpaired) electrons. The van der Waals surface area contributed by atoms with Crippen LogP contribution in [0.4, 0.5) is 18.9 Å². The second-order valence-electron chi connectivity index (χ2n) is 6.72. The molecular formula is C20H18F3NO7S. The first-order valence-corrected chi connectivity index (χ1v) is 11.0. The second-order valence-corrected chi connectivity index (χ2v) is 8.83. The van der Waals surface area contributed by atoms with Crippen LogP contribution >= 0.6 is 0 Å². The SMILES string of the molecule is CC(OC(=O)CCS(=O)(=O)c1ccc2c(c1)OCCO2)C(=O)Nc1ccc(F)c(F)c1F. The maximum atomic E-state index is 13.6. The summed E-state index contributed by atoms with van der Waals surface area (Å²) in [5, 5.41) is 1.97. The van der Waals surface area contributed by atoms with Crippen LogP contribution in [0.15, 0.2) is 35.2 Å². The molecule has 0 aromatic heterocycles. The average molecular weight is 473 g/mol. The first kappa shape index (κ1) is 23.4. The number of halogens is 3. The zero-order chi connectivity index (χ0) is 23.5. The van der Waals surface area contributed by atoms with Gasteiger partial charge in [0.2, 0.25) is 0 Å². The summed E-state index contributed by atoms with van der Waals surface area (Å²) in [5.74, 6) is -6.74. The summed E-state index contributed by atoms with van der Waals surface area (Å²) in [6.45, 7) is 1.77. The van der Waals surface area contributed by atoms with Gasteiger partial charge in [0, 0.05) is 6.07 Å². The Morgan fingerprint density at radius 2 is 1.75 bits per heavy atom. The summed E-state index contributed by atoms with van der Waals surface area (Å²) in [7, 11) is -3.87. The molecule has 1 heterocycles. The number of esters is 1. The van der Waals surface area contributed by atoms with Gasteiger partial charge in [-0.05, 0) is 31.2 Å².